The zero-order valence-corrected chi connectivity index (χ0v) is 16.3. The number of hydrogen-bond acceptors (Lipinski definition) is 6. The number of carbonyl (C=O) groups excluding carboxylic acids is 1. The summed E-state index contributed by atoms with van der Waals surface area (Å²) in [4.78, 5) is 19.8. The molecule has 0 radical (unpaired) electrons. The van der Waals surface area contributed by atoms with Crippen LogP contribution in [0.5, 0.6) is 0 Å². The molecule has 1 aromatic carbocycles. The van der Waals surface area contributed by atoms with Crippen molar-refractivity contribution in [1.29, 1.82) is 0 Å². The average Bonchev–Trinajstić information content (AvgIpc) is 3.40. The molecule has 0 aliphatic heterocycles. The third-order valence-electron chi connectivity index (χ3n) is 4.70. The minimum absolute atomic E-state index is 0.158. The minimum atomic E-state index is -0.158. The highest BCUT2D eigenvalue weighted by Crippen LogP contribution is 2.28. The number of rotatable bonds is 7. The molecule has 0 saturated heterocycles. The van der Waals surface area contributed by atoms with Crippen molar-refractivity contribution in [2.24, 2.45) is 0 Å². The molecular weight excluding hydrogens is 370 g/mol. The summed E-state index contributed by atoms with van der Waals surface area (Å²) < 4.78 is 16.0. The number of ether oxygens (including phenoxy) is 1. The van der Waals surface area contributed by atoms with Gasteiger partial charge in [0.05, 0.1) is 41.8 Å². The molecule has 0 saturated carbocycles. The van der Waals surface area contributed by atoms with Gasteiger partial charge < -0.3 is 18.6 Å². The first-order valence-electron chi connectivity index (χ1n) is 9.30. The van der Waals surface area contributed by atoms with Crippen molar-refractivity contribution in [3.05, 3.63) is 71.8 Å². The summed E-state index contributed by atoms with van der Waals surface area (Å²) >= 11 is 0. The van der Waals surface area contributed by atoms with Crippen molar-refractivity contribution in [2.75, 3.05) is 20.3 Å². The van der Waals surface area contributed by atoms with Gasteiger partial charge in [0.15, 0.2) is 0 Å². The van der Waals surface area contributed by atoms with Crippen LogP contribution in [-0.2, 0) is 11.3 Å². The zero-order chi connectivity index (χ0) is 20.2. The van der Waals surface area contributed by atoms with Gasteiger partial charge in [0.25, 0.3) is 11.6 Å². The van der Waals surface area contributed by atoms with Crippen molar-refractivity contribution in [3.8, 4) is 11.3 Å². The van der Waals surface area contributed by atoms with Gasteiger partial charge in [0.2, 0.25) is 0 Å². The van der Waals surface area contributed by atoms with E-state index in [1.165, 1.54) is 0 Å². The number of methoxy groups -OCH3 is 1. The van der Waals surface area contributed by atoms with Gasteiger partial charge in [-0.05, 0) is 25.1 Å². The van der Waals surface area contributed by atoms with E-state index in [1.54, 1.807) is 37.3 Å². The molecule has 0 bridgehead atoms. The lowest BCUT2D eigenvalue weighted by molar-refractivity contribution is 0.0668. The van der Waals surface area contributed by atoms with Crippen LogP contribution in [0.1, 0.15) is 21.8 Å². The number of nitrogens with zero attached hydrogens (tertiary/aromatic N) is 3. The fourth-order valence-electron chi connectivity index (χ4n) is 3.24. The Hall–Kier alpha value is -3.45. The van der Waals surface area contributed by atoms with Crippen LogP contribution >= 0.6 is 0 Å². The van der Waals surface area contributed by atoms with Crippen LogP contribution < -0.4 is 0 Å². The first kappa shape index (κ1) is 18.9. The van der Waals surface area contributed by atoms with E-state index in [9.17, 15) is 4.79 Å². The van der Waals surface area contributed by atoms with Gasteiger partial charge in [-0.15, -0.1) is 0 Å². The van der Waals surface area contributed by atoms with Crippen LogP contribution in [0.2, 0.25) is 0 Å². The lowest BCUT2D eigenvalue weighted by atomic mass is 10.0. The van der Waals surface area contributed by atoms with Crippen molar-refractivity contribution in [2.45, 2.75) is 13.5 Å². The molecular formula is C22H21N3O4. The number of hydrogen-bond donors (Lipinski definition) is 0. The second-order valence-electron chi connectivity index (χ2n) is 6.67. The molecule has 0 spiro atoms. The van der Waals surface area contributed by atoms with Gasteiger partial charge in [-0.1, -0.05) is 35.5 Å². The van der Waals surface area contributed by atoms with E-state index in [0.29, 0.717) is 53.5 Å². The second-order valence-corrected chi connectivity index (χ2v) is 6.67. The molecule has 29 heavy (non-hydrogen) atoms. The fraction of sp³-hybridized carbons (Fsp3) is 0.227. The third kappa shape index (κ3) is 3.90. The normalized spacial score (nSPS) is 11.1. The predicted octanol–water partition coefficient (Wildman–Crippen LogP) is 4.08. The number of furan rings is 1. The molecule has 7 nitrogen and oxygen atoms in total. The van der Waals surface area contributed by atoms with Crippen LogP contribution in [0.15, 0.2) is 63.7 Å². The Morgan fingerprint density at radius 1 is 1.17 bits per heavy atom. The Kier molecular flexibility index (Phi) is 5.39. The summed E-state index contributed by atoms with van der Waals surface area (Å²) in [5, 5.41) is 4.64. The van der Waals surface area contributed by atoms with Crippen LogP contribution in [0.25, 0.3) is 22.4 Å². The summed E-state index contributed by atoms with van der Waals surface area (Å²) in [7, 11) is 1.61. The Bertz CT molecular complexity index is 1100. The topological polar surface area (TPSA) is 81.6 Å². The highest BCUT2D eigenvalue weighted by molar-refractivity contribution is 6.07. The van der Waals surface area contributed by atoms with E-state index in [0.717, 1.165) is 5.56 Å². The zero-order valence-electron chi connectivity index (χ0n) is 16.3. The SMILES string of the molecule is COCCN(Cc1ccco1)C(=O)c1cc(-c2ccccc2)nc2onc(C)c12. The van der Waals surface area contributed by atoms with E-state index in [4.69, 9.17) is 13.7 Å². The average molecular weight is 391 g/mol. The van der Waals surface area contributed by atoms with Gasteiger partial charge in [0.1, 0.15) is 5.76 Å². The van der Waals surface area contributed by atoms with Crippen LogP contribution in [0.3, 0.4) is 0 Å². The van der Waals surface area contributed by atoms with Crippen molar-refractivity contribution < 1.29 is 18.5 Å². The summed E-state index contributed by atoms with van der Waals surface area (Å²) in [5.74, 6) is 0.541. The lowest BCUT2D eigenvalue weighted by Gasteiger charge is -2.22. The molecule has 3 heterocycles. The molecule has 0 aliphatic rings. The maximum Gasteiger partial charge on any atom is 0.259 e. The lowest BCUT2D eigenvalue weighted by Crippen LogP contribution is -2.33. The molecule has 4 rings (SSSR count). The number of fused-ring (bicyclic) bond motifs is 1. The quantitative estimate of drug-likeness (QED) is 0.472. The molecule has 1 amide bonds. The van der Waals surface area contributed by atoms with Crippen molar-refractivity contribution >= 4 is 17.0 Å². The fourth-order valence-corrected chi connectivity index (χ4v) is 3.24. The Morgan fingerprint density at radius 3 is 2.72 bits per heavy atom. The van der Waals surface area contributed by atoms with Gasteiger partial charge in [-0.25, -0.2) is 4.98 Å². The van der Waals surface area contributed by atoms with E-state index >= 15 is 0 Å². The number of amides is 1. The second kappa shape index (κ2) is 8.28. The highest BCUT2D eigenvalue weighted by Gasteiger charge is 2.24. The largest absolute Gasteiger partial charge is 0.467 e. The summed E-state index contributed by atoms with van der Waals surface area (Å²) in [6, 6.07) is 15.1. The number of aromatic nitrogens is 2. The summed E-state index contributed by atoms with van der Waals surface area (Å²) in [5.41, 5.74) is 3.02. The Labute approximate surface area is 167 Å². The third-order valence-corrected chi connectivity index (χ3v) is 4.70. The molecule has 0 fully saturated rings. The van der Waals surface area contributed by atoms with Gasteiger partial charge in [-0.2, -0.15) is 0 Å². The predicted molar refractivity (Wildman–Crippen MR) is 107 cm³/mol. The molecule has 0 atom stereocenters. The molecule has 0 unspecified atom stereocenters. The number of aryl methyl sites for hydroxylation is 1. The van der Waals surface area contributed by atoms with Gasteiger partial charge >= 0.3 is 0 Å². The number of pyridine rings is 1. The molecule has 7 heteroatoms. The number of carbonyl (C=O) groups is 1. The highest BCUT2D eigenvalue weighted by atomic mass is 16.5. The Morgan fingerprint density at radius 2 is 2.00 bits per heavy atom. The molecule has 3 aromatic heterocycles. The van der Waals surface area contributed by atoms with Crippen LogP contribution in [0.4, 0.5) is 0 Å². The molecule has 0 aliphatic carbocycles. The van der Waals surface area contributed by atoms with E-state index < -0.39 is 0 Å². The van der Waals surface area contributed by atoms with Crippen LogP contribution in [0, 0.1) is 6.92 Å². The molecule has 4 aromatic rings. The summed E-state index contributed by atoms with van der Waals surface area (Å²) in [6.45, 7) is 2.97. The first-order valence-corrected chi connectivity index (χ1v) is 9.30. The standard InChI is InChI=1S/C22H21N3O4/c1-15-20-18(22(26)25(10-12-27-2)14-17-9-6-11-28-17)13-19(23-21(20)29-24-15)16-7-4-3-5-8-16/h3-9,11,13H,10,12,14H2,1-2H3. The summed E-state index contributed by atoms with van der Waals surface area (Å²) in [6.07, 6.45) is 1.59. The van der Waals surface area contributed by atoms with E-state index in [2.05, 4.69) is 10.1 Å². The van der Waals surface area contributed by atoms with Crippen molar-refractivity contribution in [3.63, 3.8) is 0 Å². The molecule has 0 N–H and O–H groups in total. The first-order chi connectivity index (χ1) is 14.2. The smallest absolute Gasteiger partial charge is 0.259 e. The number of benzene rings is 1. The minimum Gasteiger partial charge on any atom is -0.467 e. The van der Waals surface area contributed by atoms with E-state index in [1.807, 2.05) is 36.4 Å². The molecule has 148 valence electrons. The maximum absolute atomic E-state index is 13.6. The maximum atomic E-state index is 13.6. The van der Waals surface area contributed by atoms with Gasteiger partial charge in [0, 0.05) is 19.2 Å². The van der Waals surface area contributed by atoms with Gasteiger partial charge in [-0.3, -0.25) is 4.79 Å². The van der Waals surface area contributed by atoms with Crippen molar-refractivity contribution in [1.82, 2.24) is 15.0 Å². The monoisotopic (exact) mass is 391 g/mol. The van der Waals surface area contributed by atoms with E-state index in [-0.39, 0.29) is 5.91 Å². The Balaban J connectivity index is 1.79. The van der Waals surface area contributed by atoms with Crippen LogP contribution in [-0.4, -0.2) is 41.2 Å².